The van der Waals surface area contributed by atoms with Crippen LogP contribution in [-0.4, -0.2) is 9.97 Å². The van der Waals surface area contributed by atoms with Crippen LogP contribution < -0.4 is 5.32 Å². The van der Waals surface area contributed by atoms with Gasteiger partial charge in [-0.15, -0.1) is 0 Å². The Morgan fingerprint density at radius 2 is 1.63 bits per heavy atom. The Morgan fingerprint density at radius 1 is 0.842 bits per heavy atom. The van der Waals surface area contributed by atoms with Crippen LogP contribution in [0, 0.1) is 13.8 Å². The van der Waals surface area contributed by atoms with E-state index in [-0.39, 0.29) is 0 Å². The van der Waals surface area contributed by atoms with Crippen molar-refractivity contribution in [2.24, 2.45) is 0 Å². The summed E-state index contributed by atoms with van der Waals surface area (Å²) in [5.41, 5.74) is 4.05. The fourth-order valence-corrected chi connectivity index (χ4v) is 2.22. The quantitative estimate of drug-likeness (QED) is 0.746. The first-order valence-corrected chi connectivity index (χ1v) is 6.30. The predicted octanol–water partition coefficient (Wildman–Crippen LogP) is 3.99. The maximum atomic E-state index is 4.56. The van der Waals surface area contributed by atoms with E-state index in [4.69, 9.17) is 0 Å². The van der Waals surface area contributed by atoms with Crippen molar-refractivity contribution in [1.82, 2.24) is 9.97 Å². The number of nitrogens with zero attached hydrogens (tertiary/aromatic N) is 2. The van der Waals surface area contributed by atoms with Crippen LogP contribution in [0.2, 0.25) is 0 Å². The molecule has 2 aromatic carbocycles. The molecule has 3 rings (SSSR count). The molecule has 1 N–H and O–H groups in total. The molecule has 0 spiro atoms. The molecule has 0 saturated carbocycles. The lowest BCUT2D eigenvalue weighted by Gasteiger charge is -2.10. The lowest BCUT2D eigenvalue weighted by molar-refractivity contribution is 1.05. The summed E-state index contributed by atoms with van der Waals surface area (Å²) in [6, 6.07) is 16.2. The second kappa shape index (κ2) is 4.69. The Hall–Kier alpha value is -2.42. The summed E-state index contributed by atoms with van der Waals surface area (Å²) in [6.07, 6.45) is 0. The van der Waals surface area contributed by atoms with Crippen molar-refractivity contribution in [3.05, 3.63) is 60.0 Å². The molecule has 3 heteroatoms. The number of aryl methyl sites for hydroxylation is 2. The average molecular weight is 249 g/mol. The number of hydrogen-bond acceptors (Lipinski definition) is 3. The van der Waals surface area contributed by atoms with Gasteiger partial charge >= 0.3 is 0 Å². The van der Waals surface area contributed by atoms with Gasteiger partial charge in [0.1, 0.15) is 5.82 Å². The highest BCUT2D eigenvalue weighted by Crippen LogP contribution is 2.26. The van der Waals surface area contributed by atoms with E-state index in [1.165, 1.54) is 0 Å². The number of hydrogen-bond donors (Lipinski definition) is 1. The van der Waals surface area contributed by atoms with Crippen molar-refractivity contribution < 1.29 is 0 Å². The van der Waals surface area contributed by atoms with Gasteiger partial charge in [-0.05, 0) is 32.0 Å². The van der Waals surface area contributed by atoms with Crippen molar-refractivity contribution in [3.8, 4) is 0 Å². The zero-order valence-electron chi connectivity index (χ0n) is 11.0. The Bertz CT molecular complexity index is 721. The number of fused-ring (bicyclic) bond motifs is 1. The fourth-order valence-electron chi connectivity index (χ4n) is 2.22. The van der Waals surface area contributed by atoms with Gasteiger partial charge in [0.2, 0.25) is 0 Å². The van der Waals surface area contributed by atoms with Gasteiger partial charge in [0, 0.05) is 16.8 Å². The van der Waals surface area contributed by atoms with Gasteiger partial charge in [0.25, 0.3) is 0 Å². The minimum atomic E-state index is 0.798. The second-order valence-electron chi connectivity index (χ2n) is 4.55. The van der Waals surface area contributed by atoms with E-state index in [1.54, 1.807) is 0 Å². The number of para-hydroxylation sites is 2. The minimum Gasteiger partial charge on any atom is -0.354 e. The monoisotopic (exact) mass is 249 g/mol. The van der Waals surface area contributed by atoms with Crippen molar-refractivity contribution in [2.75, 3.05) is 5.32 Å². The lowest BCUT2D eigenvalue weighted by atomic mass is 10.1. The topological polar surface area (TPSA) is 37.8 Å². The third-order valence-corrected chi connectivity index (χ3v) is 3.08. The Balaban J connectivity index is 2.14. The molecular weight excluding hydrogens is 234 g/mol. The molecule has 1 aromatic heterocycles. The van der Waals surface area contributed by atoms with Crippen molar-refractivity contribution >= 4 is 22.3 Å². The largest absolute Gasteiger partial charge is 0.354 e. The summed E-state index contributed by atoms with van der Waals surface area (Å²) >= 11 is 0. The van der Waals surface area contributed by atoms with Crippen molar-refractivity contribution in [1.29, 1.82) is 0 Å². The highest BCUT2D eigenvalue weighted by molar-refractivity contribution is 5.93. The van der Waals surface area contributed by atoms with Crippen molar-refractivity contribution in [2.45, 2.75) is 13.8 Å². The summed E-state index contributed by atoms with van der Waals surface area (Å²) < 4.78 is 0. The summed E-state index contributed by atoms with van der Waals surface area (Å²) in [5, 5.41) is 4.50. The maximum absolute atomic E-state index is 4.56. The highest BCUT2D eigenvalue weighted by atomic mass is 14.9. The van der Waals surface area contributed by atoms with Gasteiger partial charge in [0.15, 0.2) is 0 Å². The Kier molecular flexibility index (Phi) is 2.88. The van der Waals surface area contributed by atoms with Crippen LogP contribution in [0.1, 0.15) is 11.5 Å². The zero-order chi connectivity index (χ0) is 13.2. The van der Waals surface area contributed by atoms with Crippen LogP contribution in [-0.2, 0) is 0 Å². The molecule has 0 unspecified atom stereocenters. The first-order chi connectivity index (χ1) is 9.24. The second-order valence-corrected chi connectivity index (χ2v) is 4.55. The van der Waals surface area contributed by atoms with Crippen LogP contribution in [0.15, 0.2) is 48.5 Å². The molecule has 0 bridgehead atoms. The van der Waals surface area contributed by atoms with Gasteiger partial charge in [0.05, 0.1) is 11.2 Å². The van der Waals surface area contributed by atoms with Crippen LogP contribution >= 0.6 is 0 Å². The normalized spacial score (nSPS) is 10.6. The molecule has 0 aliphatic heterocycles. The number of aromatic nitrogens is 2. The van der Waals surface area contributed by atoms with E-state index in [0.29, 0.717) is 0 Å². The predicted molar refractivity (Wildman–Crippen MR) is 78.7 cm³/mol. The molecule has 0 aliphatic rings. The number of benzene rings is 2. The molecule has 1 heterocycles. The smallest absolute Gasteiger partial charge is 0.126 e. The van der Waals surface area contributed by atoms with E-state index in [9.17, 15) is 0 Å². The zero-order valence-corrected chi connectivity index (χ0v) is 11.0. The van der Waals surface area contributed by atoms with E-state index in [0.717, 1.165) is 33.8 Å². The average Bonchev–Trinajstić information content (AvgIpc) is 2.41. The van der Waals surface area contributed by atoms with Crippen LogP contribution in [0.4, 0.5) is 11.4 Å². The third-order valence-electron chi connectivity index (χ3n) is 3.08. The molecule has 0 fully saturated rings. The Morgan fingerprint density at radius 3 is 2.42 bits per heavy atom. The fraction of sp³-hybridized carbons (Fsp3) is 0.125. The van der Waals surface area contributed by atoms with Crippen LogP contribution in [0.25, 0.3) is 10.9 Å². The molecule has 0 radical (unpaired) electrons. The molecule has 3 nitrogen and oxygen atoms in total. The Labute approximate surface area is 112 Å². The molecule has 0 amide bonds. The first-order valence-electron chi connectivity index (χ1n) is 6.30. The van der Waals surface area contributed by atoms with E-state index >= 15 is 0 Å². The van der Waals surface area contributed by atoms with Gasteiger partial charge < -0.3 is 5.32 Å². The molecule has 3 aromatic rings. The summed E-state index contributed by atoms with van der Waals surface area (Å²) in [4.78, 5) is 8.97. The van der Waals surface area contributed by atoms with Gasteiger partial charge in [-0.1, -0.05) is 30.3 Å². The summed E-state index contributed by atoms with van der Waals surface area (Å²) in [5.74, 6) is 0.798. The van der Waals surface area contributed by atoms with Crippen LogP contribution in [0.3, 0.4) is 0 Å². The van der Waals surface area contributed by atoms with Gasteiger partial charge in [-0.2, -0.15) is 0 Å². The molecule has 0 saturated heterocycles. The molecule has 94 valence electrons. The van der Waals surface area contributed by atoms with E-state index in [2.05, 4.69) is 21.4 Å². The first kappa shape index (κ1) is 11.7. The minimum absolute atomic E-state index is 0.798. The summed E-state index contributed by atoms with van der Waals surface area (Å²) in [7, 11) is 0. The SMILES string of the molecule is Cc1nc(C)c2cccc(Nc3ccccc3)c2n1. The van der Waals surface area contributed by atoms with E-state index < -0.39 is 0 Å². The molecular formula is C16H15N3. The maximum Gasteiger partial charge on any atom is 0.126 e. The number of rotatable bonds is 2. The lowest BCUT2D eigenvalue weighted by Crippen LogP contribution is -1.97. The van der Waals surface area contributed by atoms with Crippen LogP contribution in [0.5, 0.6) is 0 Å². The molecule has 0 atom stereocenters. The highest BCUT2D eigenvalue weighted by Gasteiger charge is 2.06. The number of anilines is 2. The standard InChI is InChI=1S/C16H15N3/c1-11-14-9-6-10-15(16(14)18-12(2)17-11)19-13-7-4-3-5-8-13/h3-10,19H,1-2H3. The summed E-state index contributed by atoms with van der Waals surface area (Å²) in [6.45, 7) is 3.94. The molecule has 19 heavy (non-hydrogen) atoms. The van der Waals surface area contributed by atoms with Crippen molar-refractivity contribution in [3.63, 3.8) is 0 Å². The number of nitrogens with one attached hydrogen (secondary N) is 1. The molecule has 0 aliphatic carbocycles. The van der Waals surface area contributed by atoms with Gasteiger partial charge in [-0.25, -0.2) is 9.97 Å². The third kappa shape index (κ3) is 2.27. The van der Waals surface area contributed by atoms with E-state index in [1.807, 2.05) is 56.3 Å². The van der Waals surface area contributed by atoms with Gasteiger partial charge in [-0.3, -0.25) is 0 Å².